The molecule has 2 atom stereocenters. The normalized spacial score (nSPS) is 14.6. The van der Waals surface area contributed by atoms with Gasteiger partial charge in [-0.1, -0.05) is 0 Å². The zero-order valence-electron chi connectivity index (χ0n) is 10.1. The maximum absolute atomic E-state index is 13.2. The second-order valence-electron chi connectivity index (χ2n) is 4.11. The van der Waals surface area contributed by atoms with E-state index in [1.165, 1.54) is 12.1 Å². The molecule has 0 spiro atoms. The Bertz CT molecular complexity index is 385. The Hall–Kier alpha value is -1.17. The third-order valence-corrected chi connectivity index (χ3v) is 2.83. The predicted octanol–water partition coefficient (Wildman–Crippen LogP) is 0.720. The van der Waals surface area contributed by atoms with Crippen LogP contribution >= 0.6 is 0 Å². The molecule has 0 aromatic heterocycles. The first-order valence-electron chi connectivity index (χ1n) is 5.53. The topological polar surface area (TPSA) is 78.5 Å². The van der Waals surface area contributed by atoms with Crippen molar-refractivity contribution in [2.24, 2.45) is 0 Å². The quantitative estimate of drug-likeness (QED) is 0.574. The van der Waals surface area contributed by atoms with E-state index in [2.05, 4.69) is 5.32 Å². The summed E-state index contributed by atoms with van der Waals surface area (Å²) in [5.41, 5.74) is 6.83. The second kappa shape index (κ2) is 5.95. The van der Waals surface area contributed by atoms with E-state index in [0.717, 1.165) is 0 Å². The Morgan fingerprint density at radius 2 is 2.06 bits per heavy atom. The van der Waals surface area contributed by atoms with Crippen molar-refractivity contribution in [3.8, 4) is 0 Å². The van der Waals surface area contributed by atoms with Gasteiger partial charge in [0, 0.05) is 5.69 Å². The van der Waals surface area contributed by atoms with Gasteiger partial charge >= 0.3 is 0 Å². The molecular formula is C12H19FN2O2. The van der Waals surface area contributed by atoms with Crippen LogP contribution in [-0.2, 0) is 0 Å². The Kier molecular flexibility index (Phi) is 4.86. The molecule has 2 unspecified atom stereocenters. The zero-order chi connectivity index (χ0) is 13.0. The highest BCUT2D eigenvalue weighted by atomic mass is 19.1. The molecule has 0 saturated heterocycles. The lowest BCUT2D eigenvalue weighted by Gasteiger charge is -2.20. The molecule has 1 rings (SSSR count). The van der Waals surface area contributed by atoms with Gasteiger partial charge in [0.1, 0.15) is 11.9 Å². The minimum absolute atomic E-state index is 0.278. The van der Waals surface area contributed by atoms with Gasteiger partial charge in [0.25, 0.3) is 0 Å². The van der Waals surface area contributed by atoms with Gasteiger partial charge in [-0.3, -0.25) is 0 Å². The van der Waals surface area contributed by atoms with Crippen molar-refractivity contribution in [1.82, 2.24) is 5.32 Å². The van der Waals surface area contributed by atoms with Gasteiger partial charge in [-0.05, 0) is 50.2 Å². The predicted molar refractivity (Wildman–Crippen MR) is 65.1 cm³/mol. The summed E-state index contributed by atoms with van der Waals surface area (Å²) in [5, 5.41) is 22.6. The molecule has 1 aromatic rings. The maximum Gasteiger partial charge on any atom is 0.125 e. The number of aliphatic hydroxyl groups is 2. The highest BCUT2D eigenvalue weighted by Crippen LogP contribution is 2.27. The Morgan fingerprint density at radius 1 is 1.41 bits per heavy atom. The fraction of sp³-hybridized carbons (Fsp3) is 0.500. The number of hydrogen-bond acceptors (Lipinski definition) is 4. The number of hydrogen-bond donors (Lipinski definition) is 4. The van der Waals surface area contributed by atoms with E-state index in [9.17, 15) is 14.6 Å². The van der Waals surface area contributed by atoms with Crippen molar-refractivity contribution in [1.29, 1.82) is 0 Å². The Labute approximate surface area is 100 Å². The molecular weight excluding hydrogens is 223 g/mol. The average Bonchev–Trinajstić information content (AvgIpc) is 2.29. The van der Waals surface area contributed by atoms with Crippen LogP contribution < -0.4 is 11.1 Å². The number of aliphatic hydroxyl groups excluding tert-OH is 2. The van der Waals surface area contributed by atoms with Crippen LogP contribution in [0.5, 0.6) is 0 Å². The van der Waals surface area contributed by atoms with Crippen LogP contribution in [0.3, 0.4) is 0 Å². The lowest BCUT2D eigenvalue weighted by Crippen LogP contribution is -2.24. The summed E-state index contributed by atoms with van der Waals surface area (Å²) < 4.78 is 13.2. The largest absolute Gasteiger partial charge is 0.398 e. The Balaban J connectivity index is 2.91. The SMILES string of the molecule is CNCCC(O)C(O)c1cc(F)cc(N)c1C. The van der Waals surface area contributed by atoms with Crippen molar-refractivity contribution < 1.29 is 14.6 Å². The molecule has 0 bridgehead atoms. The molecule has 0 aliphatic rings. The molecule has 0 radical (unpaired) electrons. The first-order valence-corrected chi connectivity index (χ1v) is 5.53. The summed E-state index contributed by atoms with van der Waals surface area (Å²) in [6, 6.07) is 2.41. The number of anilines is 1. The van der Waals surface area contributed by atoms with Gasteiger partial charge in [-0.25, -0.2) is 4.39 Å². The standard InChI is InChI=1S/C12H19FN2O2/c1-7-9(5-8(13)6-10(7)14)12(17)11(16)3-4-15-2/h5-6,11-12,15-17H,3-4,14H2,1-2H3. The highest BCUT2D eigenvalue weighted by Gasteiger charge is 2.21. The van der Waals surface area contributed by atoms with E-state index in [-0.39, 0.29) is 5.69 Å². The summed E-state index contributed by atoms with van der Waals surface area (Å²) >= 11 is 0. The molecule has 4 nitrogen and oxygen atoms in total. The van der Waals surface area contributed by atoms with Crippen LogP contribution in [0.2, 0.25) is 0 Å². The maximum atomic E-state index is 13.2. The summed E-state index contributed by atoms with van der Waals surface area (Å²) in [6.07, 6.45) is -1.68. The molecule has 96 valence electrons. The lowest BCUT2D eigenvalue weighted by molar-refractivity contribution is 0.0135. The summed E-state index contributed by atoms with van der Waals surface area (Å²) in [5.74, 6) is -0.511. The van der Waals surface area contributed by atoms with Crippen molar-refractivity contribution in [3.05, 3.63) is 29.1 Å². The van der Waals surface area contributed by atoms with Crippen LogP contribution in [0.1, 0.15) is 23.7 Å². The average molecular weight is 242 g/mol. The fourth-order valence-corrected chi connectivity index (χ4v) is 1.69. The second-order valence-corrected chi connectivity index (χ2v) is 4.11. The molecule has 0 aliphatic carbocycles. The molecule has 0 saturated carbocycles. The number of nitrogens with two attached hydrogens (primary N) is 1. The minimum atomic E-state index is -1.12. The zero-order valence-corrected chi connectivity index (χ0v) is 10.1. The van der Waals surface area contributed by atoms with Gasteiger partial charge in [-0.2, -0.15) is 0 Å². The first kappa shape index (κ1) is 13.9. The van der Waals surface area contributed by atoms with Gasteiger partial charge in [0.05, 0.1) is 6.10 Å². The smallest absolute Gasteiger partial charge is 0.125 e. The van der Waals surface area contributed by atoms with E-state index in [4.69, 9.17) is 5.73 Å². The number of nitrogens with one attached hydrogen (secondary N) is 1. The van der Waals surface area contributed by atoms with E-state index in [0.29, 0.717) is 24.1 Å². The van der Waals surface area contributed by atoms with Crippen LogP contribution in [-0.4, -0.2) is 29.9 Å². The monoisotopic (exact) mass is 242 g/mol. The van der Waals surface area contributed by atoms with E-state index in [1.54, 1.807) is 14.0 Å². The number of benzene rings is 1. The van der Waals surface area contributed by atoms with E-state index < -0.39 is 18.0 Å². The highest BCUT2D eigenvalue weighted by molar-refractivity contribution is 5.51. The third kappa shape index (κ3) is 3.39. The molecule has 0 aliphatic heterocycles. The third-order valence-electron chi connectivity index (χ3n) is 2.83. The number of rotatable bonds is 5. The Morgan fingerprint density at radius 3 is 2.65 bits per heavy atom. The molecule has 5 N–H and O–H groups in total. The summed E-state index contributed by atoms with van der Waals surface area (Å²) in [6.45, 7) is 2.26. The van der Waals surface area contributed by atoms with Gasteiger partial charge in [0.2, 0.25) is 0 Å². The molecule has 0 heterocycles. The van der Waals surface area contributed by atoms with Crippen molar-refractivity contribution in [2.45, 2.75) is 25.6 Å². The molecule has 1 aromatic carbocycles. The molecule has 17 heavy (non-hydrogen) atoms. The van der Waals surface area contributed by atoms with Gasteiger partial charge < -0.3 is 21.3 Å². The summed E-state index contributed by atoms with van der Waals surface area (Å²) in [4.78, 5) is 0. The van der Waals surface area contributed by atoms with Crippen LogP contribution in [0.15, 0.2) is 12.1 Å². The lowest BCUT2D eigenvalue weighted by atomic mass is 9.96. The molecule has 5 heteroatoms. The molecule has 0 fully saturated rings. The number of nitrogen functional groups attached to an aromatic ring is 1. The minimum Gasteiger partial charge on any atom is -0.398 e. The van der Waals surface area contributed by atoms with Crippen molar-refractivity contribution >= 4 is 5.69 Å². The molecule has 0 amide bonds. The van der Waals surface area contributed by atoms with Crippen molar-refractivity contribution in [2.75, 3.05) is 19.3 Å². The van der Waals surface area contributed by atoms with Crippen LogP contribution in [0.4, 0.5) is 10.1 Å². The first-order chi connectivity index (χ1) is 7.97. The van der Waals surface area contributed by atoms with Crippen molar-refractivity contribution in [3.63, 3.8) is 0 Å². The van der Waals surface area contributed by atoms with Gasteiger partial charge in [-0.15, -0.1) is 0 Å². The van der Waals surface area contributed by atoms with E-state index >= 15 is 0 Å². The van der Waals surface area contributed by atoms with E-state index in [1.807, 2.05) is 0 Å². The van der Waals surface area contributed by atoms with Crippen LogP contribution in [0.25, 0.3) is 0 Å². The van der Waals surface area contributed by atoms with Gasteiger partial charge in [0.15, 0.2) is 0 Å². The van der Waals surface area contributed by atoms with Crippen LogP contribution in [0, 0.1) is 12.7 Å². The number of halogens is 1. The summed E-state index contributed by atoms with van der Waals surface area (Å²) in [7, 11) is 1.75. The fourth-order valence-electron chi connectivity index (χ4n) is 1.69.